The van der Waals surface area contributed by atoms with Crippen LogP contribution in [0.1, 0.15) is 25.2 Å². The maximum atomic E-state index is 13.0. The second kappa shape index (κ2) is 9.40. The molecule has 0 unspecified atom stereocenters. The van der Waals surface area contributed by atoms with E-state index in [0.29, 0.717) is 39.5 Å². The molecule has 3 aromatic rings. The standard InChI is InChI=1S/C21H19BrClN3O4/c1-4-19-25-17-7-5-14(22)10-16(17)20(27)26(19)24-11-13-9-15(23)6-8-18(13)30-12(2)21(28)29-3/h5-12H,4H2,1-3H3/t12-/m1/s1. The van der Waals surface area contributed by atoms with Crippen molar-refractivity contribution < 1.29 is 14.3 Å². The van der Waals surface area contributed by atoms with Gasteiger partial charge in [0.2, 0.25) is 0 Å². The number of hydrogen-bond donors (Lipinski definition) is 0. The van der Waals surface area contributed by atoms with Crippen molar-refractivity contribution in [1.82, 2.24) is 9.66 Å². The van der Waals surface area contributed by atoms with E-state index in [-0.39, 0.29) is 5.56 Å². The van der Waals surface area contributed by atoms with Gasteiger partial charge in [-0.3, -0.25) is 4.79 Å². The maximum absolute atomic E-state index is 13.0. The van der Waals surface area contributed by atoms with E-state index in [1.54, 1.807) is 37.3 Å². The Kier molecular flexibility index (Phi) is 6.89. The van der Waals surface area contributed by atoms with Crippen molar-refractivity contribution in [3.05, 3.63) is 67.6 Å². The van der Waals surface area contributed by atoms with Crippen LogP contribution in [0.5, 0.6) is 5.75 Å². The van der Waals surface area contributed by atoms with Crippen molar-refractivity contribution in [2.24, 2.45) is 5.10 Å². The Morgan fingerprint density at radius 3 is 2.80 bits per heavy atom. The molecule has 0 saturated carbocycles. The number of nitrogens with zero attached hydrogens (tertiary/aromatic N) is 3. The van der Waals surface area contributed by atoms with Gasteiger partial charge in [-0.15, -0.1) is 0 Å². The summed E-state index contributed by atoms with van der Waals surface area (Å²) in [5.41, 5.74) is 0.813. The molecule has 2 aromatic carbocycles. The second-order valence-corrected chi connectivity index (χ2v) is 7.72. The number of aromatic nitrogens is 2. The minimum absolute atomic E-state index is 0.290. The Morgan fingerprint density at radius 1 is 1.33 bits per heavy atom. The Bertz CT molecular complexity index is 1190. The molecule has 0 saturated heterocycles. The van der Waals surface area contributed by atoms with Gasteiger partial charge in [0.25, 0.3) is 5.56 Å². The van der Waals surface area contributed by atoms with Crippen LogP contribution < -0.4 is 10.3 Å². The average molecular weight is 493 g/mol. The van der Waals surface area contributed by atoms with Gasteiger partial charge in [-0.05, 0) is 43.3 Å². The molecule has 1 atom stereocenters. The number of carbonyl (C=O) groups excluding carboxylic acids is 1. The van der Waals surface area contributed by atoms with Gasteiger partial charge < -0.3 is 9.47 Å². The highest BCUT2D eigenvalue weighted by Crippen LogP contribution is 2.23. The number of halogens is 2. The van der Waals surface area contributed by atoms with Gasteiger partial charge in [-0.1, -0.05) is 34.5 Å². The third-order valence-electron chi connectivity index (χ3n) is 4.31. The summed E-state index contributed by atoms with van der Waals surface area (Å²) in [6.45, 7) is 3.47. The minimum Gasteiger partial charge on any atom is -0.478 e. The monoisotopic (exact) mass is 491 g/mol. The third-order valence-corrected chi connectivity index (χ3v) is 5.04. The molecule has 0 aliphatic heterocycles. The number of hydrogen-bond acceptors (Lipinski definition) is 6. The highest BCUT2D eigenvalue weighted by Gasteiger charge is 2.17. The normalized spacial score (nSPS) is 12.3. The summed E-state index contributed by atoms with van der Waals surface area (Å²) in [4.78, 5) is 29.2. The summed E-state index contributed by atoms with van der Waals surface area (Å²) in [6.07, 6.45) is 1.14. The van der Waals surface area contributed by atoms with Gasteiger partial charge >= 0.3 is 5.97 Å². The van der Waals surface area contributed by atoms with E-state index < -0.39 is 12.1 Å². The molecule has 0 fully saturated rings. The number of carbonyl (C=O) groups is 1. The molecule has 0 aliphatic rings. The number of esters is 1. The van der Waals surface area contributed by atoms with Crippen molar-refractivity contribution in [1.29, 1.82) is 0 Å². The molecule has 7 nitrogen and oxygen atoms in total. The molecule has 3 rings (SSSR count). The predicted molar refractivity (Wildman–Crippen MR) is 120 cm³/mol. The Morgan fingerprint density at radius 2 is 2.10 bits per heavy atom. The van der Waals surface area contributed by atoms with Gasteiger partial charge in [0, 0.05) is 21.5 Å². The van der Waals surface area contributed by atoms with Crippen LogP contribution in [0.2, 0.25) is 5.02 Å². The molecule has 0 amide bonds. The fourth-order valence-corrected chi connectivity index (χ4v) is 3.34. The topological polar surface area (TPSA) is 82.8 Å². The zero-order valence-electron chi connectivity index (χ0n) is 16.6. The Hall–Kier alpha value is -2.71. The van der Waals surface area contributed by atoms with Crippen LogP contribution in [0, 0.1) is 0 Å². The van der Waals surface area contributed by atoms with E-state index in [1.165, 1.54) is 18.0 Å². The van der Waals surface area contributed by atoms with Gasteiger partial charge in [0.1, 0.15) is 11.6 Å². The van der Waals surface area contributed by atoms with Crippen LogP contribution in [-0.2, 0) is 16.0 Å². The zero-order valence-corrected chi connectivity index (χ0v) is 18.9. The number of aryl methyl sites for hydroxylation is 1. The van der Waals surface area contributed by atoms with Crippen LogP contribution in [0.25, 0.3) is 10.9 Å². The summed E-state index contributed by atoms with van der Waals surface area (Å²) in [5, 5.41) is 5.25. The van der Waals surface area contributed by atoms with Gasteiger partial charge in [0.05, 0.1) is 24.2 Å². The smallest absolute Gasteiger partial charge is 0.346 e. The minimum atomic E-state index is -0.822. The summed E-state index contributed by atoms with van der Waals surface area (Å²) in [6, 6.07) is 10.2. The third kappa shape index (κ3) is 4.71. The van der Waals surface area contributed by atoms with Crippen molar-refractivity contribution in [3.8, 4) is 5.75 Å². The molecular formula is C21H19BrClN3O4. The van der Waals surface area contributed by atoms with Crippen molar-refractivity contribution in [2.75, 3.05) is 7.11 Å². The van der Waals surface area contributed by atoms with Crippen LogP contribution in [0.3, 0.4) is 0 Å². The molecular weight excluding hydrogens is 474 g/mol. The number of fused-ring (bicyclic) bond motifs is 1. The van der Waals surface area contributed by atoms with E-state index in [4.69, 9.17) is 21.1 Å². The van der Waals surface area contributed by atoms with E-state index in [1.807, 2.05) is 13.0 Å². The Labute approximate surface area is 186 Å². The predicted octanol–water partition coefficient (Wildman–Crippen LogP) is 4.20. The first kappa shape index (κ1) is 22.0. The van der Waals surface area contributed by atoms with Crippen molar-refractivity contribution >= 4 is 50.6 Å². The lowest BCUT2D eigenvalue weighted by molar-refractivity contribution is -0.147. The lowest BCUT2D eigenvalue weighted by Gasteiger charge is -2.14. The molecule has 0 spiro atoms. The second-order valence-electron chi connectivity index (χ2n) is 6.37. The van der Waals surface area contributed by atoms with Crippen LogP contribution in [0.15, 0.2) is 50.8 Å². The molecule has 0 N–H and O–H groups in total. The van der Waals surface area contributed by atoms with Gasteiger partial charge in [-0.2, -0.15) is 9.78 Å². The van der Waals surface area contributed by atoms with Crippen LogP contribution >= 0.6 is 27.5 Å². The highest BCUT2D eigenvalue weighted by atomic mass is 79.9. The molecule has 9 heteroatoms. The van der Waals surface area contributed by atoms with Crippen LogP contribution in [0.4, 0.5) is 0 Å². The first-order valence-corrected chi connectivity index (χ1v) is 10.3. The maximum Gasteiger partial charge on any atom is 0.346 e. The first-order chi connectivity index (χ1) is 14.3. The zero-order chi connectivity index (χ0) is 21.8. The van der Waals surface area contributed by atoms with Gasteiger partial charge in [0.15, 0.2) is 6.10 Å². The summed E-state index contributed by atoms with van der Waals surface area (Å²) < 4.78 is 12.4. The van der Waals surface area contributed by atoms with E-state index >= 15 is 0 Å². The lowest BCUT2D eigenvalue weighted by atomic mass is 10.2. The molecule has 0 radical (unpaired) electrons. The van der Waals surface area contributed by atoms with E-state index in [2.05, 4.69) is 26.0 Å². The lowest BCUT2D eigenvalue weighted by Crippen LogP contribution is -2.25. The average Bonchev–Trinajstić information content (AvgIpc) is 2.74. The fourth-order valence-electron chi connectivity index (χ4n) is 2.79. The summed E-state index contributed by atoms with van der Waals surface area (Å²) >= 11 is 9.49. The van der Waals surface area contributed by atoms with Crippen LogP contribution in [-0.4, -0.2) is 35.1 Å². The molecule has 0 aliphatic carbocycles. The molecule has 0 bridgehead atoms. The SMILES string of the molecule is CCc1nc2ccc(Br)cc2c(=O)n1N=Cc1cc(Cl)ccc1O[C@H](C)C(=O)OC. The van der Waals surface area contributed by atoms with E-state index in [0.717, 1.165) is 4.47 Å². The summed E-state index contributed by atoms with van der Waals surface area (Å²) in [5.74, 6) is 0.378. The number of benzene rings is 2. The molecule has 30 heavy (non-hydrogen) atoms. The van der Waals surface area contributed by atoms with Crippen molar-refractivity contribution in [2.45, 2.75) is 26.4 Å². The number of ether oxygens (including phenoxy) is 2. The highest BCUT2D eigenvalue weighted by molar-refractivity contribution is 9.10. The van der Waals surface area contributed by atoms with Crippen molar-refractivity contribution in [3.63, 3.8) is 0 Å². The largest absolute Gasteiger partial charge is 0.478 e. The Balaban J connectivity index is 2.06. The summed E-state index contributed by atoms with van der Waals surface area (Å²) in [7, 11) is 1.29. The number of methoxy groups -OCH3 is 1. The van der Waals surface area contributed by atoms with Gasteiger partial charge in [-0.25, -0.2) is 9.78 Å². The quantitative estimate of drug-likeness (QED) is 0.380. The molecule has 156 valence electrons. The first-order valence-electron chi connectivity index (χ1n) is 9.13. The molecule has 1 aromatic heterocycles. The van der Waals surface area contributed by atoms with E-state index in [9.17, 15) is 9.59 Å². The molecule has 1 heterocycles. The fraction of sp³-hybridized carbons (Fsp3) is 0.238. The number of rotatable bonds is 6.